The van der Waals surface area contributed by atoms with Crippen LogP contribution >= 0.6 is 0 Å². The Hall–Kier alpha value is -2.58. The Kier molecular flexibility index (Phi) is 3.35. The molecular formula is C11H8F3N3O3. The third-order valence-corrected chi connectivity index (χ3v) is 2.39. The third kappa shape index (κ3) is 2.87. The summed E-state index contributed by atoms with van der Waals surface area (Å²) in [4.78, 5) is 13.8. The summed E-state index contributed by atoms with van der Waals surface area (Å²) in [7, 11) is 0. The molecule has 0 aliphatic heterocycles. The monoisotopic (exact) mass is 287 g/mol. The molecule has 0 aliphatic carbocycles. The molecule has 2 rings (SSSR count). The van der Waals surface area contributed by atoms with Gasteiger partial charge in [0.15, 0.2) is 0 Å². The van der Waals surface area contributed by atoms with Crippen molar-refractivity contribution >= 4 is 11.8 Å². The maximum absolute atomic E-state index is 12.3. The van der Waals surface area contributed by atoms with Gasteiger partial charge in [0.05, 0.1) is 0 Å². The predicted octanol–water partition coefficient (Wildman–Crippen LogP) is 3.15. The number of hydrogen-bond donors (Lipinski definition) is 2. The van der Waals surface area contributed by atoms with Gasteiger partial charge in [-0.15, -0.1) is 0 Å². The number of amides is 1. The second-order valence-corrected chi connectivity index (χ2v) is 3.88. The summed E-state index contributed by atoms with van der Waals surface area (Å²) < 4.78 is 41.1. The van der Waals surface area contributed by atoms with Crippen LogP contribution in [0.2, 0.25) is 0 Å². The van der Waals surface area contributed by atoms with E-state index < -0.39 is 18.2 Å². The number of aromatic nitrogens is 2. The number of benzene rings is 1. The topological polar surface area (TPSA) is 88.3 Å². The van der Waals surface area contributed by atoms with E-state index in [2.05, 4.69) is 20.0 Å². The lowest BCUT2D eigenvalue weighted by molar-refractivity contribution is -0.159. The molecule has 0 atom stereocenters. The fourth-order valence-corrected chi connectivity index (χ4v) is 1.51. The Balaban J connectivity index is 2.32. The molecular weight excluding hydrogens is 279 g/mol. The SMILES string of the molecule is Cc1cc(-c2noc(C(F)(F)F)n2)ccc1NC(=O)O. The summed E-state index contributed by atoms with van der Waals surface area (Å²) in [5.74, 6) is -1.65. The maximum Gasteiger partial charge on any atom is 0.471 e. The maximum atomic E-state index is 12.3. The minimum atomic E-state index is -4.70. The minimum absolute atomic E-state index is 0.220. The number of anilines is 1. The van der Waals surface area contributed by atoms with Crippen LogP contribution < -0.4 is 5.32 Å². The number of halogens is 3. The molecule has 2 aromatic rings. The molecule has 2 N–H and O–H groups in total. The first-order valence-corrected chi connectivity index (χ1v) is 5.29. The number of carbonyl (C=O) groups is 1. The van der Waals surface area contributed by atoms with Crippen LogP contribution in [0.4, 0.5) is 23.7 Å². The van der Waals surface area contributed by atoms with Gasteiger partial charge in [-0.25, -0.2) is 4.79 Å². The van der Waals surface area contributed by atoms with Gasteiger partial charge in [-0.2, -0.15) is 18.2 Å². The molecule has 0 radical (unpaired) electrons. The number of rotatable bonds is 2. The van der Waals surface area contributed by atoms with Gasteiger partial charge in [-0.3, -0.25) is 5.32 Å². The van der Waals surface area contributed by atoms with Gasteiger partial charge in [0.2, 0.25) is 5.82 Å². The van der Waals surface area contributed by atoms with Gasteiger partial charge >= 0.3 is 18.2 Å². The zero-order valence-corrected chi connectivity index (χ0v) is 10.0. The van der Waals surface area contributed by atoms with E-state index in [0.29, 0.717) is 11.3 Å². The molecule has 0 fully saturated rings. The first-order chi connectivity index (χ1) is 9.27. The highest BCUT2D eigenvalue weighted by Gasteiger charge is 2.38. The van der Waals surface area contributed by atoms with Crippen LogP contribution in [0.25, 0.3) is 11.4 Å². The molecule has 106 valence electrons. The number of nitrogens with zero attached hydrogens (tertiary/aromatic N) is 2. The van der Waals surface area contributed by atoms with E-state index in [1.165, 1.54) is 18.2 Å². The van der Waals surface area contributed by atoms with E-state index in [-0.39, 0.29) is 11.4 Å². The standard InChI is InChI=1S/C11H8F3N3O3/c1-5-4-6(2-3-7(5)15-10(18)19)8-16-9(20-17-8)11(12,13)14/h2-4,15H,1H3,(H,18,19). The fourth-order valence-electron chi connectivity index (χ4n) is 1.51. The highest BCUT2D eigenvalue weighted by Crippen LogP contribution is 2.30. The second-order valence-electron chi connectivity index (χ2n) is 3.88. The van der Waals surface area contributed by atoms with Crippen LogP contribution in [0.15, 0.2) is 22.7 Å². The summed E-state index contributed by atoms with van der Waals surface area (Å²) >= 11 is 0. The van der Waals surface area contributed by atoms with Crippen LogP contribution in [0.3, 0.4) is 0 Å². The van der Waals surface area contributed by atoms with Crippen LogP contribution in [0.5, 0.6) is 0 Å². The summed E-state index contributed by atoms with van der Waals surface area (Å²) in [6, 6.07) is 4.25. The number of carboxylic acid groups (broad SMARTS) is 1. The van der Waals surface area contributed by atoms with Crippen molar-refractivity contribution in [1.29, 1.82) is 0 Å². The van der Waals surface area contributed by atoms with E-state index in [0.717, 1.165) is 0 Å². The van der Waals surface area contributed by atoms with Crippen LogP contribution in [0.1, 0.15) is 11.5 Å². The Morgan fingerprint density at radius 1 is 1.40 bits per heavy atom. The molecule has 0 spiro atoms. The number of aryl methyl sites for hydroxylation is 1. The number of alkyl halides is 3. The summed E-state index contributed by atoms with van der Waals surface area (Å²) in [5, 5.41) is 14.0. The smallest absolute Gasteiger partial charge is 0.465 e. The van der Waals surface area contributed by atoms with E-state index >= 15 is 0 Å². The van der Waals surface area contributed by atoms with Crippen LogP contribution in [-0.2, 0) is 6.18 Å². The van der Waals surface area contributed by atoms with Crippen LogP contribution in [-0.4, -0.2) is 21.3 Å². The minimum Gasteiger partial charge on any atom is -0.465 e. The van der Waals surface area contributed by atoms with Gasteiger partial charge in [-0.05, 0) is 30.7 Å². The van der Waals surface area contributed by atoms with E-state index in [4.69, 9.17) is 5.11 Å². The molecule has 0 bridgehead atoms. The van der Waals surface area contributed by atoms with Gasteiger partial charge in [0, 0.05) is 11.3 Å². The first-order valence-electron chi connectivity index (χ1n) is 5.29. The summed E-state index contributed by atoms with van der Waals surface area (Å²) in [6.07, 6.45) is -5.94. The molecule has 1 aromatic carbocycles. The zero-order chi connectivity index (χ0) is 14.9. The molecule has 9 heteroatoms. The van der Waals surface area contributed by atoms with Crippen molar-refractivity contribution in [2.24, 2.45) is 0 Å². The summed E-state index contributed by atoms with van der Waals surface area (Å²) in [6.45, 7) is 1.60. The van der Waals surface area contributed by atoms with Crippen LogP contribution in [0, 0.1) is 6.92 Å². The molecule has 1 aromatic heterocycles. The largest absolute Gasteiger partial charge is 0.471 e. The molecule has 0 saturated heterocycles. The lowest BCUT2D eigenvalue weighted by atomic mass is 10.1. The molecule has 0 saturated carbocycles. The van der Waals surface area contributed by atoms with Crippen molar-refractivity contribution in [3.05, 3.63) is 29.7 Å². The second kappa shape index (κ2) is 4.83. The quantitative estimate of drug-likeness (QED) is 0.885. The fraction of sp³-hybridized carbons (Fsp3) is 0.182. The molecule has 6 nitrogen and oxygen atoms in total. The Morgan fingerprint density at radius 3 is 2.60 bits per heavy atom. The molecule has 20 heavy (non-hydrogen) atoms. The Morgan fingerprint density at radius 2 is 2.10 bits per heavy atom. The molecule has 1 heterocycles. The van der Waals surface area contributed by atoms with E-state index in [1.54, 1.807) is 6.92 Å². The normalized spacial score (nSPS) is 11.4. The average molecular weight is 287 g/mol. The van der Waals surface area contributed by atoms with Gasteiger partial charge in [0.25, 0.3) is 0 Å². The lowest BCUT2D eigenvalue weighted by Gasteiger charge is -2.05. The predicted molar refractivity (Wildman–Crippen MR) is 61.1 cm³/mol. The molecule has 0 unspecified atom stereocenters. The number of hydrogen-bond acceptors (Lipinski definition) is 4. The van der Waals surface area contributed by atoms with Crippen molar-refractivity contribution in [3.8, 4) is 11.4 Å². The average Bonchev–Trinajstić information content (AvgIpc) is 2.80. The van der Waals surface area contributed by atoms with Gasteiger partial charge in [0.1, 0.15) is 0 Å². The highest BCUT2D eigenvalue weighted by molar-refractivity contribution is 5.84. The Bertz CT molecular complexity index is 652. The first kappa shape index (κ1) is 13.8. The van der Waals surface area contributed by atoms with Crippen molar-refractivity contribution in [3.63, 3.8) is 0 Å². The number of nitrogens with one attached hydrogen (secondary N) is 1. The Labute approximate surface area is 110 Å². The van der Waals surface area contributed by atoms with E-state index in [1.807, 2.05) is 0 Å². The van der Waals surface area contributed by atoms with E-state index in [9.17, 15) is 18.0 Å². The van der Waals surface area contributed by atoms with Gasteiger partial charge < -0.3 is 9.63 Å². The zero-order valence-electron chi connectivity index (χ0n) is 10.0. The lowest BCUT2D eigenvalue weighted by Crippen LogP contribution is -2.08. The highest BCUT2D eigenvalue weighted by atomic mass is 19.4. The molecule has 0 aliphatic rings. The van der Waals surface area contributed by atoms with Crippen molar-refractivity contribution in [2.45, 2.75) is 13.1 Å². The van der Waals surface area contributed by atoms with Crippen molar-refractivity contribution in [1.82, 2.24) is 10.1 Å². The third-order valence-electron chi connectivity index (χ3n) is 2.39. The van der Waals surface area contributed by atoms with Crippen molar-refractivity contribution < 1.29 is 27.6 Å². The van der Waals surface area contributed by atoms with Crippen molar-refractivity contribution in [2.75, 3.05) is 5.32 Å². The summed E-state index contributed by atoms with van der Waals surface area (Å²) in [5.41, 5.74) is 1.13. The molecule has 1 amide bonds. The van der Waals surface area contributed by atoms with Gasteiger partial charge in [-0.1, -0.05) is 5.16 Å².